The highest BCUT2D eigenvalue weighted by atomic mass is 16.5. The van der Waals surface area contributed by atoms with Crippen LogP contribution in [0.25, 0.3) is 0 Å². The quantitative estimate of drug-likeness (QED) is 0.620. The van der Waals surface area contributed by atoms with E-state index in [2.05, 4.69) is 20.8 Å². The molecule has 1 nitrogen and oxygen atoms in total. The predicted octanol–water partition coefficient (Wildman–Crippen LogP) is 3.77. The number of rotatable bonds is 1. The second-order valence-corrected chi connectivity index (χ2v) is 6.21. The average molecular weight is 196 g/mol. The maximum Gasteiger partial charge on any atom is 0.0632 e. The first-order chi connectivity index (χ1) is 6.52. The van der Waals surface area contributed by atoms with Crippen molar-refractivity contribution in [1.29, 1.82) is 0 Å². The van der Waals surface area contributed by atoms with Gasteiger partial charge in [0.15, 0.2) is 0 Å². The van der Waals surface area contributed by atoms with Gasteiger partial charge in [0.2, 0.25) is 0 Å². The second-order valence-electron chi connectivity index (χ2n) is 6.21. The molecule has 0 amide bonds. The molecular formula is C13H24O. The largest absolute Gasteiger partial charge is 0.375 e. The minimum atomic E-state index is 0.131. The summed E-state index contributed by atoms with van der Waals surface area (Å²) in [5.74, 6) is 0.929. The molecule has 0 spiro atoms. The van der Waals surface area contributed by atoms with E-state index in [1.807, 2.05) is 0 Å². The van der Waals surface area contributed by atoms with Crippen LogP contribution in [0.5, 0.6) is 0 Å². The van der Waals surface area contributed by atoms with Gasteiger partial charge >= 0.3 is 0 Å². The Labute approximate surface area is 88.2 Å². The van der Waals surface area contributed by atoms with Gasteiger partial charge in [0.05, 0.1) is 12.2 Å². The Kier molecular flexibility index (Phi) is 2.63. The maximum atomic E-state index is 5.91. The normalized spacial score (nSPS) is 38.8. The SMILES string of the molecule is CC1(C)CC(C)(C2CCCCC2)CO1. The Balaban J connectivity index is 2.01. The highest BCUT2D eigenvalue weighted by Crippen LogP contribution is 2.48. The zero-order valence-electron chi connectivity index (χ0n) is 9.94. The van der Waals surface area contributed by atoms with Gasteiger partial charge in [-0.05, 0) is 44.4 Å². The first kappa shape index (κ1) is 10.5. The molecule has 0 N–H and O–H groups in total. The summed E-state index contributed by atoms with van der Waals surface area (Å²) in [5, 5.41) is 0. The Bertz CT molecular complexity index is 203. The van der Waals surface area contributed by atoms with E-state index in [-0.39, 0.29) is 5.60 Å². The van der Waals surface area contributed by atoms with Crippen LogP contribution in [0.15, 0.2) is 0 Å². The molecule has 1 heterocycles. The summed E-state index contributed by atoms with van der Waals surface area (Å²) in [6.07, 6.45) is 8.48. The van der Waals surface area contributed by atoms with E-state index in [1.165, 1.54) is 38.5 Å². The third kappa shape index (κ3) is 1.98. The molecule has 82 valence electrons. The minimum Gasteiger partial charge on any atom is -0.375 e. The number of ether oxygens (including phenoxy) is 1. The molecule has 1 heteroatoms. The zero-order valence-corrected chi connectivity index (χ0v) is 9.94. The van der Waals surface area contributed by atoms with Gasteiger partial charge in [-0.1, -0.05) is 26.2 Å². The lowest BCUT2D eigenvalue weighted by molar-refractivity contribution is 0.0261. The first-order valence-corrected chi connectivity index (χ1v) is 6.16. The molecule has 1 aliphatic heterocycles. The Hall–Kier alpha value is -0.0400. The van der Waals surface area contributed by atoms with Crippen LogP contribution in [-0.4, -0.2) is 12.2 Å². The van der Waals surface area contributed by atoms with Crippen molar-refractivity contribution in [3.63, 3.8) is 0 Å². The molecule has 0 aromatic carbocycles. The summed E-state index contributed by atoms with van der Waals surface area (Å²) in [4.78, 5) is 0. The Morgan fingerprint density at radius 2 is 1.64 bits per heavy atom. The van der Waals surface area contributed by atoms with Crippen molar-refractivity contribution in [2.24, 2.45) is 11.3 Å². The topological polar surface area (TPSA) is 9.23 Å². The van der Waals surface area contributed by atoms with Crippen LogP contribution in [0.2, 0.25) is 0 Å². The Morgan fingerprint density at radius 1 is 1.00 bits per heavy atom. The fourth-order valence-electron chi connectivity index (χ4n) is 3.50. The molecule has 2 aliphatic rings. The van der Waals surface area contributed by atoms with Crippen LogP contribution < -0.4 is 0 Å². The van der Waals surface area contributed by atoms with Gasteiger partial charge in [0.25, 0.3) is 0 Å². The molecule has 2 fully saturated rings. The average Bonchev–Trinajstić information content (AvgIpc) is 2.44. The highest BCUT2D eigenvalue weighted by molar-refractivity contribution is 4.94. The molecule has 1 saturated heterocycles. The summed E-state index contributed by atoms with van der Waals surface area (Å²) < 4.78 is 5.91. The highest BCUT2D eigenvalue weighted by Gasteiger charge is 2.45. The predicted molar refractivity (Wildman–Crippen MR) is 59.3 cm³/mol. The van der Waals surface area contributed by atoms with Gasteiger partial charge in [-0.2, -0.15) is 0 Å². The standard InChI is InChI=1S/C13H24O/c1-12(2)9-13(3,10-14-12)11-7-5-4-6-8-11/h11H,4-10H2,1-3H3. The lowest BCUT2D eigenvalue weighted by atomic mass is 9.67. The third-order valence-electron chi connectivity index (χ3n) is 4.21. The number of hydrogen-bond acceptors (Lipinski definition) is 1. The van der Waals surface area contributed by atoms with Crippen LogP contribution >= 0.6 is 0 Å². The lowest BCUT2D eigenvalue weighted by Gasteiger charge is -2.36. The van der Waals surface area contributed by atoms with Crippen molar-refractivity contribution < 1.29 is 4.74 Å². The van der Waals surface area contributed by atoms with E-state index in [1.54, 1.807) is 0 Å². The van der Waals surface area contributed by atoms with Crippen molar-refractivity contribution in [2.75, 3.05) is 6.61 Å². The van der Waals surface area contributed by atoms with Gasteiger partial charge in [-0.15, -0.1) is 0 Å². The van der Waals surface area contributed by atoms with Gasteiger partial charge in [-0.3, -0.25) is 0 Å². The monoisotopic (exact) mass is 196 g/mol. The minimum absolute atomic E-state index is 0.131. The Morgan fingerprint density at radius 3 is 2.14 bits per heavy atom. The van der Waals surface area contributed by atoms with Crippen molar-refractivity contribution in [3.05, 3.63) is 0 Å². The van der Waals surface area contributed by atoms with Gasteiger partial charge in [0, 0.05) is 0 Å². The van der Waals surface area contributed by atoms with E-state index in [4.69, 9.17) is 4.74 Å². The van der Waals surface area contributed by atoms with Crippen molar-refractivity contribution in [3.8, 4) is 0 Å². The van der Waals surface area contributed by atoms with E-state index in [0.29, 0.717) is 5.41 Å². The maximum absolute atomic E-state index is 5.91. The summed E-state index contributed by atoms with van der Waals surface area (Å²) in [7, 11) is 0. The van der Waals surface area contributed by atoms with Crippen LogP contribution in [0.3, 0.4) is 0 Å². The van der Waals surface area contributed by atoms with Gasteiger partial charge < -0.3 is 4.74 Å². The molecule has 0 bridgehead atoms. The molecule has 0 radical (unpaired) electrons. The van der Waals surface area contributed by atoms with Crippen molar-refractivity contribution in [2.45, 2.75) is 64.9 Å². The van der Waals surface area contributed by atoms with Crippen LogP contribution in [0.4, 0.5) is 0 Å². The number of hydrogen-bond donors (Lipinski definition) is 0. The molecule has 0 aromatic rings. The summed E-state index contributed by atoms with van der Waals surface area (Å²) in [5.41, 5.74) is 0.607. The van der Waals surface area contributed by atoms with E-state index < -0.39 is 0 Å². The molecule has 14 heavy (non-hydrogen) atoms. The third-order valence-corrected chi connectivity index (χ3v) is 4.21. The van der Waals surface area contributed by atoms with Crippen molar-refractivity contribution in [1.82, 2.24) is 0 Å². The molecule has 1 atom stereocenters. The molecular weight excluding hydrogens is 172 g/mol. The smallest absolute Gasteiger partial charge is 0.0632 e. The van der Waals surface area contributed by atoms with E-state index in [0.717, 1.165) is 12.5 Å². The van der Waals surface area contributed by atoms with Gasteiger partial charge in [0.1, 0.15) is 0 Å². The molecule has 2 rings (SSSR count). The zero-order chi connectivity index (χ0) is 10.2. The second kappa shape index (κ2) is 3.52. The van der Waals surface area contributed by atoms with Crippen LogP contribution in [0, 0.1) is 11.3 Å². The fourth-order valence-corrected chi connectivity index (χ4v) is 3.50. The first-order valence-electron chi connectivity index (χ1n) is 6.16. The molecule has 1 aliphatic carbocycles. The van der Waals surface area contributed by atoms with Gasteiger partial charge in [-0.25, -0.2) is 0 Å². The van der Waals surface area contributed by atoms with E-state index in [9.17, 15) is 0 Å². The summed E-state index contributed by atoms with van der Waals surface area (Å²) in [6.45, 7) is 7.91. The van der Waals surface area contributed by atoms with E-state index >= 15 is 0 Å². The molecule has 1 unspecified atom stereocenters. The molecule has 1 saturated carbocycles. The van der Waals surface area contributed by atoms with Crippen LogP contribution in [-0.2, 0) is 4.74 Å². The summed E-state index contributed by atoms with van der Waals surface area (Å²) >= 11 is 0. The van der Waals surface area contributed by atoms with Crippen molar-refractivity contribution >= 4 is 0 Å². The fraction of sp³-hybridized carbons (Fsp3) is 1.00. The summed E-state index contributed by atoms with van der Waals surface area (Å²) in [6, 6.07) is 0. The van der Waals surface area contributed by atoms with Crippen LogP contribution in [0.1, 0.15) is 59.3 Å². The lowest BCUT2D eigenvalue weighted by Crippen LogP contribution is -2.30. The molecule has 0 aromatic heterocycles.